The first-order valence-electron chi connectivity index (χ1n) is 9.36. The summed E-state index contributed by atoms with van der Waals surface area (Å²) in [5.74, 6) is -0.940. The standard InChI is InChI=1S/C22H25NO4/c1-2-26-21(22(24)25)14-17-9-6-10-18(13-17)20-15-19(27-23-20)12-11-16-7-4-3-5-8-16/h3-10,13,19,21H,2,11-12,14-15H2,1H3,(H,24,25)/t19?,21-/m0/s1. The first-order chi connectivity index (χ1) is 13.2. The molecule has 2 atom stereocenters. The van der Waals surface area contributed by atoms with E-state index >= 15 is 0 Å². The number of ether oxygens (including phenoxy) is 1. The maximum atomic E-state index is 11.3. The topological polar surface area (TPSA) is 68.1 Å². The number of carbonyl (C=O) groups is 1. The highest BCUT2D eigenvalue weighted by atomic mass is 16.6. The van der Waals surface area contributed by atoms with Gasteiger partial charge in [-0.3, -0.25) is 0 Å². The number of oxime groups is 1. The second kappa shape index (κ2) is 9.33. The van der Waals surface area contributed by atoms with E-state index in [-0.39, 0.29) is 6.10 Å². The second-order valence-corrected chi connectivity index (χ2v) is 6.68. The van der Waals surface area contributed by atoms with Gasteiger partial charge in [0, 0.05) is 19.4 Å². The fourth-order valence-corrected chi connectivity index (χ4v) is 3.24. The number of hydrogen-bond acceptors (Lipinski definition) is 4. The Morgan fingerprint density at radius 3 is 2.74 bits per heavy atom. The molecule has 1 heterocycles. The van der Waals surface area contributed by atoms with E-state index in [1.165, 1.54) is 5.56 Å². The van der Waals surface area contributed by atoms with Gasteiger partial charge in [0.05, 0.1) is 5.71 Å². The van der Waals surface area contributed by atoms with Crippen LogP contribution in [-0.4, -0.2) is 35.6 Å². The largest absolute Gasteiger partial charge is 0.479 e. The molecule has 142 valence electrons. The third kappa shape index (κ3) is 5.41. The van der Waals surface area contributed by atoms with Gasteiger partial charge >= 0.3 is 5.97 Å². The van der Waals surface area contributed by atoms with E-state index in [0.29, 0.717) is 13.0 Å². The van der Waals surface area contributed by atoms with Crippen LogP contribution in [0.2, 0.25) is 0 Å². The molecule has 2 aromatic rings. The van der Waals surface area contributed by atoms with Crippen molar-refractivity contribution in [2.45, 2.75) is 44.8 Å². The first-order valence-corrected chi connectivity index (χ1v) is 9.36. The number of aliphatic carboxylic acids is 1. The molecule has 0 aliphatic carbocycles. The molecule has 2 aromatic carbocycles. The molecule has 0 amide bonds. The van der Waals surface area contributed by atoms with Gasteiger partial charge in [-0.1, -0.05) is 53.7 Å². The summed E-state index contributed by atoms with van der Waals surface area (Å²) in [5.41, 5.74) is 4.12. The number of rotatable bonds is 9. The average molecular weight is 367 g/mol. The van der Waals surface area contributed by atoms with Gasteiger partial charge in [0.25, 0.3) is 0 Å². The molecule has 5 heteroatoms. The lowest BCUT2D eigenvalue weighted by Gasteiger charge is -2.13. The highest BCUT2D eigenvalue weighted by Crippen LogP contribution is 2.22. The van der Waals surface area contributed by atoms with Crippen LogP contribution in [0.15, 0.2) is 59.8 Å². The molecular formula is C22H25NO4. The lowest BCUT2D eigenvalue weighted by atomic mass is 9.98. The van der Waals surface area contributed by atoms with Crippen molar-refractivity contribution in [2.75, 3.05) is 6.61 Å². The van der Waals surface area contributed by atoms with Crippen LogP contribution in [0.1, 0.15) is 36.5 Å². The van der Waals surface area contributed by atoms with Crippen LogP contribution < -0.4 is 0 Å². The molecule has 3 rings (SSSR count). The molecule has 27 heavy (non-hydrogen) atoms. The molecule has 0 aromatic heterocycles. The zero-order valence-corrected chi connectivity index (χ0v) is 15.5. The lowest BCUT2D eigenvalue weighted by Crippen LogP contribution is -2.26. The predicted octanol–water partition coefficient (Wildman–Crippen LogP) is 3.84. The van der Waals surface area contributed by atoms with Crippen molar-refractivity contribution in [3.8, 4) is 0 Å². The molecule has 1 N–H and O–H groups in total. The van der Waals surface area contributed by atoms with Crippen molar-refractivity contribution in [1.29, 1.82) is 0 Å². The highest BCUT2D eigenvalue weighted by molar-refractivity contribution is 6.01. The van der Waals surface area contributed by atoms with Crippen LogP contribution in [0, 0.1) is 0 Å². The summed E-state index contributed by atoms with van der Waals surface area (Å²) in [4.78, 5) is 16.9. The fourth-order valence-electron chi connectivity index (χ4n) is 3.24. The monoisotopic (exact) mass is 367 g/mol. The van der Waals surface area contributed by atoms with Crippen LogP contribution >= 0.6 is 0 Å². The Kier molecular flexibility index (Phi) is 6.60. The van der Waals surface area contributed by atoms with Crippen molar-refractivity contribution in [2.24, 2.45) is 5.16 Å². The van der Waals surface area contributed by atoms with Gasteiger partial charge in [0.2, 0.25) is 0 Å². The molecule has 0 bridgehead atoms. The Morgan fingerprint density at radius 1 is 1.22 bits per heavy atom. The number of hydrogen-bond donors (Lipinski definition) is 1. The third-order valence-electron chi connectivity index (χ3n) is 4.66. The van der Waals surface area contributed by atoms with E-state index in [1.807, 2.05) is 42.5 Å². The summed E-state index contributed by atoms with van der Waals surface area (Å²) in [7, 11) is 0. The molecule has 0 saturated carbocycles. The Balaban J connectivity index is 1.58. The van der Waals surface area contributed by atoms with E-state index in [2.05, 4.69) is 17.3 Å². The molecular weight excluding hydrogens is 342 g/mol. The SMILES string of the molecule is CCO[C@@H](Cc1cccc(C2=NOC(CCc3ccccc3)C2)c1)C(=O)O. The smallest absolute Gasteiger partial charge is 0.333 e. The normalized spacial score (nSPS) is 17.2. The summed E-state index contributed by atoms with van der Waals surface area (Å²) < 4.78 is 5.31. The van der Waals surface area contributed by atoms with E-state index in [1.54, 1.807) is 6.92 Å². The summed E-state index contributed by atoms with van der Waals surface area (Å²) >= 11 is 0. The van der Waals surface area contributed by atoms with Gasteiger partial charge in [-0.05, 0) is 42.5 Å². The second-order valence-electron chi connectivity index (χ2n) is 6.68. The van der Waals surface area contributed by atoms with Gasteiger partial charge < -0.3 is 14.7 Å². The minimum atomic E-state index is -0.940. The van der Waals surface area contributed by atoms with Crippen molar-refractivity contribution >= 4 is 11.7 Å². The maximum Gasteiger partial charge on any atom is 0.333 e. The molecule has 0 radical (unpaired) electrons. The minimum Gasteiger partial charge on any atom is -0.479 e. The van der Waals surface area contributed by atoms with Gasteiger partial charge in [0.1, 0.15) is 6.10 Å². The Hall–Kier alpha value is -2.66. The van der Waals surface area contributed by atoms with Gasteiger partial charge in [-0.25, -0.2) is 4.79 Å². The van der Waals surface area contributed by atoms with E-state index in [0.717, 1.165) is 36.1 Å². The van der Waals surface area contributed by atoms with Crippen LogP contribution in [0.5, 0.6) is 0 Å². The molecule has 5 nitrogen and oxygen atoms in total. The molecule has 0 fully saturated rings. The molecule has 1 aliphatic heterocycles. The quantitative estimate of drug-likeness (QED) is 0.731. The lowest BCUT2D eigenvalue weighted by molar-refractivity contribution is -0.149. The van der Waals surface area contributed by atoms with E-state index < -0.39 is 12.1 Å². The van der Waals surface area contributed by atoms with Crippen LogP contribution in [-0.2, 0) is 27.2 Å². The number of carboxylic acids is 1. The zero-order chi connectivity index (χ0) is 19.1. The van der Waals surface area contributed by atoms with Gasteiger partial charge in [0.15, 0.2) is 6.10 Å². The molecule has 1 aliphatic rings. The third-order valence-corrected chi connectivity index (χ3v) is 4.66. The van der Waals surface area contributed by atoms with Crippen LogP contribution in [0.4, 0.5) is 0 Å². The van der Waals surface area contributed by atoms with Crippen LogP contribution in [0.3, 0.4) is 0 Å². The Morgan fingerprint density at radius 2 is 2.00 bits per heavy atom. The van der Waals surface area contributed by atoms with Gasteiger partial charge in [-0.2, -0.15) is 0 Å². The fraction of sp³-hybridized carbons (Fsp3) is 0.364. The average Bonchev–Trinajstić information content (AvgIpc) is 3.16. The zero-order valence-electron chi connectivity index (χ0n) is 15.5. The van der Waals surface area contributed by atoms with Crippen molar-refractivity contribution in [3.63, 3.8) is 0 Å². The van der Waals surface area contributed by atoms with Crippen molar-refractivity contribution in [1.82, 2.24) is 0 Å². The molecule has 0 saturated heterocycles. The number of nitrogens with zero attached hydrogens (tertiary/aromatic N) is 1. The Labute approximate surface area is 159 Å². The number of aryl methyl sites for hydroxylation is 1. The van der Waals surface area contributed by atoms with E-state index in [4.69, 9.17) is 9.57 Å². The summed E-state index contributed by atoms with van der Waals surface area (Å²) in [6, 6.07) is 18.2. The first kappa shape index (κ1) is 19.1. The van der Waals surface area contributed by atoms with Crippen molar-refractivity contribution in [3.05, 3.63) is 71.3 Å². The van der Waals surface area contributed by atoms with Crippen molar-refractivity contribution < 1.29 is 19.5 Å². The van der Waals surface area contributed by atoms with Crippen LogP contribution in [0.25, 0.3) is 0 Å². The predicted molar refractivity (Wildman–Crippen MR) is 104 cm³/mol. The minimum absolute atomic E-state index is 0.0825. The summed E-state index contributed by atoms with van der Waals surface area (Å²) in [6.45, 7) is 2.17. The maximum absolute atomic E-state index is 11.3. The number of carboxylic acid groups (broad SMARTS) is 1. The van der Waals surface area contributed by atoms with E-state index in [9.17, 15) is 9.90 Å². The summed E-state index contributed by atoms with van der Waals surface area (Å²) in [6.07, 6.45) is 2.24. The Bertz CT molecular complexity index is 788. The highest BCUT2D eigenvalue weighted by Gasteiger charge is 2.23. The summed E-state index contributed by atoms with van der Waals surface area (Å²) in [5, 5.41) is 13.5. The number of benzene rings is 2. The molecule has 0 spiro atoms. The molecule has 1 unspecified atom stereocenters. The van der Waals surface area contributed by atoms with Gasteiger partial charge in [-0.15, -0.1) is 0 Å².